The van der Waals surface area contributed by atoms with Crippen LogP contribution in [-0.2, 0) is 6.18 Å². The van der Waals surface area contributed by atoms with Crippen LogP contribution in [-0.4, -0.2) is 10.9 Å². The van der Waals surface area contributed by atoms with E-state index < -0.39 is 17.6 Å². The summed E-state index contributed by atoms with van der Waals surface area (Å²) in [5.41, 5.74) is -1.01. The van der Waals surface area contributed by atoms with Crippen LogP contribution < -0.4 is 5.32 Å². The van der Waals surface area contributed by atoms with E-state index in [-0.39, 0.29) is 15.9 Å². The van der Waals surface area contributed by atoms with Crippen molar-refractivity contribution in [2.45, 2.75) is 6.18 Å². The van der Waals surface area contributed by atoms with Gasteiger partial charge in [-0.05, 0) is 46.3 Å². The van der Waals surface area contributed by atoms with E-state index in [2.05, 4.69) is 42.2 Å². The Balaban J connectivity index is 2.28. The SMILES string of the molecule is O=C(Nc1cccc(Br)n1)c1ccc(Br)c(C(F)(F)F)c1. The zero-order chi connectivity index (χ0) is 15.6. The molecule has 2 aromatic rings. The number of pyridine rings is 1. The van der Waals surface area contributed by atoms with Crippen molar-refractivity contribution in [1.29, 1.82) is 0 Å². The Bertz CT molecular complexity index is 689. The third kappa shape index (κ3) is 4.04. The topological polar surface area (TPSA) is 42.0 Å². The average molecular weight is 424 g/mol. The van der Waals surface area contributed by atoms with Gasteiger partial charge in [-0.3, -0.25) is 4.79 Å². The highest BCUT2D eigenvalue weighted by Crippen LogP contribution is 2.35. The van der Waals surface area contributed by atoms with Gasteiger partial charge < -0.3 is 5.32 Å². The van der Waals surface area contributed by atoms with Crippen LogP contribution in [0.1, 0.15) is 15.9 Å². The number of carbonyl (C=O) groups excluding carboxylic acids is 1. The smallest absolute Gasteiger partial charge is 0.307 e. The van der Waals surface area contributed by atoms with Gasteiger partial charge in [-0.1, -0.05) is 22.0 Å². The maximum atomic E-state index is 12.8. The first-order valence-corrected chi connectivity index (χ1v) is 7.16. The number of carbonyl (C=O) groups is 1. The van der Waals surface area contributed by atoms with Crippen molar-refractivity contribution in [2.24, 2.45) is 0 Å². The summed E-state index contributed by atoms with van der Waals surface area (Å²) in [7, 11) is 0. The van der Waals surface area contributed by atoms with Gasteiger partial charge in [-0.2, -0.15) is 13.2 Å². The molecule has 0 spiro atoms. The number of aromatic nitrogens is 1. The first-order chi connectivity index (χ1) is 9.77. The lowest BCUT2D eigenvalue weighted by molar-refractivity contribution is -0.138. The summed E-state index contributed by atoms with van der Waals surface area (Å²) in [6.07, 6.45) is -4.54. The minimum absolute atomic E-state index is 0.104. The third-order valence-electron chi connectivity index (χ3n) is 2.49. The number of hydrogen-bond acceptors (Lipinski definition) is 2. The lowest BCUT2D eigenvalue weighted by Crippen LogP contribution is -2.15. The molecule has 0 aliphatic heterocycles. The molecule has 0 saturated carbocycles. The quantitative estimate of drug-likeness (QED) is 0.699. The summed E-state index contributed by atoms with van der Waals surface area (Å²) in [6.45, 7) is 0. The number of hydrogen-bond donors (Lipinski definition) is 1. The fourth-order valence-corrected chi connectivity index (χ4v) is 2.37. The molecule has 0 aliphatic rings. The van der Waals surface area contributed by atoms with Crippen molar-refractivity contribution in [3.05, 3.63) is 56.6 Å². The summed E-state index contributed by atoms with van der Waals surface area (Å²) in [5.74, 6) is -0.426. The molecule has 0 aliphatic carbocycles. The number of anilines is 1. The molecule has 21 heavy (non-hydrogen) atoms. The lowest BCUT2D eigenvalue weighted by atomic mass is 10.1. The molecule has 1 aromatic heterocycles. The van der Waals surface area contributed by atoms with Crippen LogP contribution in [0, 0.1) is 0 Å². The summed E-state index contributed by atoms with van der Waals surface area (Å²) in [4.78, 5) is 15.9. The molecule has 0 radical (unpaired) electrons. The number of alkyl halides is 3. The summed E-state index contributed by atoms with van der Waals surface area (Å²) in [5, 5.41) is 2.43. The Morgan fingerprint density at radius 2 is 1.86 bits per heavy atom. The number of rotatable bonds is 2. The fraction of sp³-hybridized carbons (Fsp3) is 0.0769. The van der Waals surface area contributed by atoms with Crippen molar-refractivity contribution in [1.82, 2.24) is 4.98 Å². The number of nitrogens with zero attached hydrogens (tertiary/aromatic N) is 1. The highest BCUT2D eigenvalue weighted by atomic mass is 79.9. The second-order valence-corrected chi connectivity index (χ2v) is 5.66. The Hall–Kier alpha value is -1.41. The van der Waals surface area contributed by atoms with Crippen LogP contribution in [0.5, 0.6) is 0 Å². The van der Waals surface area contributed by atoms with E-state index in [4.69, 9.17) is 0 Å². The van der Waals surface area contributed by atoms with Gasteiger partial charge in [0, 0.05) is 10.0 Å². The van der Waals surface area contributed by atoms with Gasteiger partial charge in [0.05, 0.1) is 5.56 Å². The zero-order valence-corrected chi connectivity index (χ0v) is 13.4. The zero-order valence-electron chi connectivity index (χ0n) is 10.2. The predicted octanol–water partition coefficient (Wildman–Crippen LogP) is 4.88. The summed E-state index contributed by atoms with van der Waals surface area (Å²) < 4.78 is 38.8. The van der Waals surface area contributed by atoms with Gasteiger partial charge in [0.2, 0.25) is 0 Å². The predicted molar refractivity (Wildman–Crippen MR) is 79.0 cm³/mol. The average Bonchev–Trinajstić information content (AvgIpc) is 2.37. The number of amides is 1. The molecule has 2 rings (SSSR count). The van der Waals surface area contributed by atoms with E-state index in [0.29, 0.717) is 4.60 Å². The molecule has 110 valence electrons. The maximum Gasteiger partial charge on any atom is 0.417 e. The molecule has 0 fully saturated rings. The monoisotopic (exact) mass is 422 g/mol. The molecule has 3 nitrogen and oxygen atoms in total. The second-order valence-electron chi connectivity index (χ2n) is 3.99. The minimum atomic E-state index is -4.54. The third-order valence-corrected chi connectivity index (χ3v) is 3.62. The van der Waals surface area contributed by atoms with E-state index in [1.165, 1.54) is 18.2 Å². The standard InChI is InChI=1S/C13H7Br2F3N2O/c14-9-5-4-7(6-8(9)13(16,17)18)12(21)20-11-3-1-2-10(15)19-11/h1-6H,(H,19,20,21). The first kappa shape index (κ1) is 16.0. The fourth-order valence-electron chi connectivity index (χ4n) is 1.55. The van der Waals surface area contributed by atoms with Gasteiger partial charge in [0.15, 0.2) is 0 Å². The van der Waals surface area contributed by atoms with Crippen LogP contribution in [0.15, 0.2) is 45.5 Å². The van der Waals surface area contributed by atoms with Crippen LogP contribution in [0.2, 0.25) is 0 Å². The Morgan fingerprint density at radius 3 is 2.48 bits per heavy atom. The van der Waals surface area contributed by atoms with E-state index in [1.54, 1.807) is 12.1 Å². The number of nitrogens with one attached hydrogen (secondary N) is 1. The molecule has 1 N–H and O–H groups in total. The molecule has 0 unspecified atom stereocenters. The minimum Gasteiger partial charge on any atom is -0.307 e. The van der Waals surface area contributed by atoms with Crippen LogP contribution >= 0.6 is 31.9 Å². The number of benzene rings is 1. The summed E-state index contributed by atoms with van der Waals surface area (Å²) >= 11 is 5.96. The molecule has 1 amide bonds. The van der Waals surface area contributed by atoms with Crippen molar-refractivity contribution in [3.63, 3.8) is 0 Å². The van der Waals surface area contributed by atoms with Crippen molar-refractivity contribution >= 4 is 43.6 Å². The van der Waals surface area contributed by atoms with Gasteiger partial charge in [-0.25, -0.2) is 4.98 Å². The van der Waals surface area contributed by atoms with Crippen molar-refractivity contribution < 1.29 is 18.0 Å². The van der Waals surface area contributed by atoms with Gasteiger partial charge in [0.25, 0.3) is 5.91 Å². The molecular weight excluding hydrogens is 417 g/mol. The Morgan fingerprint density at radius 1 is 1.14 bits per heavy atom. The molecule has 0 bridgehead atoms. The summed E-state index contributed by atoms with van der Waals surface area (Å²) in [6, 6.07) is 8.12. The van der Waals surface area contributed by atoms with E-state index in [1.807, 2.05) is 0 Å². The van der Waals surface area contributed by atoms with E-state index in [9.17, 15) is 18.0 Å². The first-order valence-electron chi connectivity index (χ1n) is 5.58. The largest absolute Gasteiger partial charge is 0.417 e. The van der Waals surface area contributed by atoms with Gasteiger partial charge in [0.1, 0.15) is 10.4 Å². The highest BCUT2D eigenvalue weighted by Gasteiger charge is 2.33. The van der Waals surface area contributed by atoms with Crippen LogP contribution in [0.4, 0.5) is 19.0 Å². The van der Waals surface area contributed by atoms with Crippen molar-refractivity contribution in [2.75, 3.05) is 5.32 Å². The van der Waals surface area contributed by atoms with E-state index >= 15 is 0 Å². The lowest BCUT2D eigenvalue weighted by Gasteiger charge is -2.11. The van der Waals surface area contributed by atoms with Crippen molar-refractivity contribution in [3.8, 4) is 0 Å². The molecule has 0 saturated heterocycles. The molecule has 8 heteroatoms. The Labute approximate surface area is 134 Å². The molecule has 1 heterocycles. The van der Waals surface area contributed by atoms with E-state index in [0.717, 1.165) is 6.07 Å². The van der Waals surface area contributed by atoms with Crippen LogP contribution in [0.3, 0.4) is 0 Å². The van der Waals surface area contributed by atoms with Gasteiger partial charge in [-0.15, -0.1) is 0 Å². The van der Waals surface area contributed by atoms with Crippen LogP contribution in [0.25, 0.3) is 0 Å². The Kier molecular flexibility index (Phi) is 4.67. The normalized spacial score (nSPS) is 11.3. The molecule has 1 aromatic carbocycles. The maximum absolute atomic E-state index is 12.8. The second kappa shape index (κ2) is 6.15. The molecular formula is C13H7Br2F3N2O. The van der Waals surface area contributed by atoms with Gasteiger partial charge >= 0.3 is 6.18 Å². The highest BCUT2D eigenvalue weighted by molar-refractivity contribution is 9.10. The number of halogens is 5. The molecule has 0 atom stereocenters.